The highest BCUT2D eigenvalue weighted by Gasteiger charge is 2.22. The Balaban J connectivity index is 1.94. The summed E-state index contributed by atoms with van der Waals surface area (Å²) in [4.78, 5) is 2.46. The summed E-state index contributed by atoms with van der Waals surface area (Å²) < 4.78 is 30.8. The quantitative estimate of drug-likeness (QED) is 0.841. The summed E-state index contributed by atoms with van der Waals surface area (Å²) in [7, 11) is -3.24. The SMILES string of the molecule is NCC1CN(CCS(=O)(=O)c2ccc(Br)cc2)CCO1. The van der Waals surface area contributed by atoms with Gasteiger partial charge in [0.05, 0.1) is 23.4 Å². The Kier molecular flexibility index (Phi) is 5.57. The molecule has 5 nitrogen and oxygen atoms in total. The van der Waals surface area contributed by atoms with Crippen molar-refractivity contribution in [1.29, 1.82) is 0 Å². The molecule has 20 heavy (non-hydrogen) atoms. The zero-order chi connectivity index (χ0) is 14.6. The van der Waals surface area contributed by atoms with E-state index in [-0.39, 0.29) is 11.9 Å². The number of benzene rings is 1. The van der Waals surface area contributed by atoms with Crippen LogP contribution in [0.4, 0.5) is 0 Å². The van der Waals surface area contributed by atoms with Crippen LogP contribution in [0.5, 0.6) is 0 Å². The molecule has 0 spiro atoms. The molecule has 2 N–H and O–H groups in total. The standard InChI is InChI=1S/C13H19BrN2O3S/c14-11-1-3-13(4-2-11)20(17,18)8-6-16-5-7-19-12(9-15)10-16/h1-4,12H,5-10,15H2. The number of sulfone groups is 1. The molecule has 1 atom stereocenters. The summed E-state index contributed by atoms with van der Waals surface area (Å²) in [6, 6.07) is 6.74. The minimum Gasteiger partial charge on any atom is -0.374 e. The Bertz CT molecular complexity index is 533. The zero-order valence-electron chi connectivity index (χ0n) is 11.2. The van der Waals surface area contributed by atoms with E-state index in [1.165, 1.54) is 0 Å². The molecule has 1 unspecified atom stereocenters. The Morgan fingerprint density at radius 3 is 2.70 bits per heavy atom. The molecule has 1 fully saturated rings. The van der Waals surface area contributed by atoms with E-state index < -0.39 is 9.84 Å². The minimum atomic E-state index is -3.24. The van der Waals surface area contributed by atoms with Crippen LogP contribution in [0.2, 0.25) is 0 Å². The molecule has 1 aliphatic heterocycles. The number of morpholine rings is 1. The summed E-state index contributed by atoms with van der Waals surface area (Å²) in [5.41, 5.74) is 5.58. The third-order valence-electron chi connectivity index (χ3n) is 3.33. The molecule has 1 saturated heterocycles. The van der Waals surface area contributed by atoms with Crippen LogP contribution in [0.1, 0.15) is 0 Å². The molecule has 0 saturated carbocycles. The van der Waals surface area contributed by atoms with Crippen LogP contribution >= 0.6 is 15.9 Å². The van der Waals surface area contributed by atoms with Crippen molar-refractivity contribution in [3.63, 3.8) is 0 Å². The maximum absolute atomic E-state index is 12.2. The molecule has 0 aromatic heterocycles. The van der Waals surface area contributed by atoms with Gasteiger partial charge in [-0.2, -0.15) is 0 Å². The number of hydrogen-bond donors (Lipinski definition) is 1. The smallest absolute Gasteiger partial charge is 0.179 e. The van der Waals surface area contributed by atoms with E-state index in [0.29, 0.717) is 31.1 Å². The first-order valence-electron chi connectivity index (χ1n) is 6.53. The first-order valence-corrected chi connectivity index (χ1v) is 8.98. The molecule has 1 aromatic carbocycles. The second-order valence-corrected chi connectivity index (χ2v) is 7.83. The molecule has 1 aliphatic rings. The maximum Gasteiger partial charge on any atom is 0.179 e. The largest absolute Gasteiger partial charge is 0.374 e. The van der Waals surface area contributed by atoms with E-state index in [9.17, 15) is 8.42 Å². The highest BCUT2D eigenvalue weighted by Crippen LogP contribution is 2.16. The fourth-order valence-electron chi connectivity index (χ4n) is 2.14. The molecular weight excluding hydrogens is 344 g/mol. The molecule has 0 amide bonds. The van der Waals surface area contributed by atoms with E-state index in [0.717, 1.165) is 11.0 Å². The molecule has 2 rings (SSSR count). The van der Waals surface area contributed by atoms with Crippen molar-refractivity contribution in [3.8, 4) is 0 Å². The number of ether oxygens (including phenoxy) is 1. The minimum absolute atomic E-state index is 0.0131. The van der Waals surface area contributed by atoms with Crippen LogP contribution in [-0.4, -0.2) is 58.0 Å². The fraction of sp³-hybridized carbons (Fsp3) is 0.538. The summed E-state index contributed by atoms with van der Waals surface area (Å²) >= 11 is 3.30. The van der Waals surface area contributed by atoms with Crippen LogP contribution in [0, 0.1) is 0 Å². The third kappa shape index (κ3) is 4.26. The van der Waals surface area contributed by atoms with Gasteiger partial charge in [-0.1, -0.05) is 15.9 Å². The Morgan fingerprint density at radius 1 is 1.35 bits per heavy atom. The highest BCUT2D eigenvalue weighted by atomic mass is 79.9. The van der Waals surface area contributed by atoms with Crippen molar-refractivity contribution in [2.75, 3.05) is 38.5 Å². The monoisotopic (exact) mass is 362 g/mol. The number of rotatable bonds is 5. The lowest BCUT2D eigenvalue weighted by Gasteiger charge is -2.32. The van der Waals surface area contributed by atoms with Gasteiger partial charge in [-0.3, -0.25) is 4.90 Å². The van der Waals surface area contributed by atoms with Gasteiger partial charge in [0, 0.05) is 30.7 Å². The average Bonchev–Trinajstić information content (AvgIpc) is 2.46. The Hall–Kier alpha value is -0.470. The molecule has 1 heterocycles. The number of nitrogens with zero attached hydrogens (tertiary/aromatic N) is 1. The predicted octanol–water partition coefficient (Wildman–Crippen LogP) is 0.882. The van der Waals surface area contributed by atoms with E-state index in [1.807, 2.05) is 0 Å². The van der Waals surface area contributed by atoms with Crippen LogP contribution in [0.3, 0.4) is 0 Å². The Morgan fingerprint density at radius 2 is 2.05 bits per heavy atom. The fourth-order valence-corrected chi connectivity index (χ4v) is 3.68. The molecule has 0 aliphatic carbocycles. The lowest BCUT2D eigenvalue weighted by Crippen LogP contribution is -2.46. The summed E-state index contributed by atoms with van der Waals surface area (Å²) in [6.45, 7) is 3.05. The van der Waals surface area contributed by atoms with Gasteiger partial charge in [0.25, 0.3) is 0 Å². The number of halogens is 1. The summed E-state index contributed by atoms with van der Waals surface area (Å²) in [6.07, 6.45) is 0.0131. The van der Waals surface area contributed by atoms with Gasteiger partial charge in [0.15, 0.2) is 9.84 Å². The molecule has 0 bridgehead atoms. The second-order valence-electron chi connectivity index (χ2n) is 4.80. The molecular formula is C13H19BrN2O3S. The lowest BCUT2D eigenvalue weighted by molar-refractivity contribution is -0.0209. The van der Waals surface area contributed by atoms with Crippen molar-refractivity contribution in [2.24, 2.45) is 5.73 Å². The van der Waals surface area contributed by atoms with Crippen LogP contribution in [0.25, 0.3) is 0 Å². The zero-order valence-corrected chi connectivity index (χ0v) is 13.6. The second kappa shape index (κ2) is 7.00. The number of nitrogens with two attached hydrogens (primary N) is 1. The van der Waals surface area contributed by atoms with Gasteiger partial charge in [-0.25, -0.2) is 8.42 Å². The molecule has 1 aromatic rings. The van der Waals surface area contributed by atoms with Crippen molar-refractivity contribution >= 4 is 25.8 Å². The van der Waals surface area contributed by atoms with Gasteiger partial charge in [-0.15, -0.1) is 0 Å². The van der Waals surface area contributed by atoms with Crippen LogP contribution in [-0.2, 0) is 14.6 Å². The van der Waals surface area contributed by atoms with Gasteiger partial charge >= 0.3 is 0 Å². The molecule has 7 heteroatoms. The normalized spacial score (nSPS) is 21.0. The van der Waals surface area contributed by atoms with E-state index >= 15 is 0 Å². The van der Waals surface area contributed by atoms with Crippen molar-refractivity contribution in [3.05, 3.63) is 28.7 Å². The maximum atomic E-state index is 12.2. The van der Waals surface area contributed by atoms with E-state index in [1.54, 1.807) is 24.3 Å². The van der Waals surface area contributed by atoms with Gasteiger partial charge in [0.1, 0.15) is 0 Å². The van der Waals surface area contributed by atoms with Gasteiger partial charge < -0.3 is 10.5 Å². The first kappa shape index (κ1) is 15.9. The lowest BCUT2D eigenvalue weighted by atomic mass is 10.3. The highest BCUT2D eigenvalue weighted by molar-refractivity contribution is 9.10. The van der Waals surface area contributed by atoms with Crippen molar-refractivity contribution in [1.82, 2.24) is 4.90 Å². The van der Waals surface area contributed by atoms with Gasteiger partial charge in [-0.05, 0) is 24.3 Å². The van der Waals surface area contributed by atoms with Crippen molar-refractivity contribution < 1.29 is 13.2 Å². The average molecular weight is 363 g/mol. The topological polar surface area (TPSA) is 72.6 Å². The summed E-state index contributed by atoms with van der Waals surface area (Å²) in [5.74, 6) is 0.117. The first-order chi connectivity index (χ1) is 9.51. The number of hydrogen-bond acceptors (Lipinski definition) is 5. The van der Waals surface area contributed by atoms with Gasteiger partial charge in [0.2, 0.25) is 0 Å². The molecule has 0 radical (unpaired) electrons. The molecule has 112 valence electrons. The summed E-state index contributed by atoms with van der Waals surface area (Å²) in [5, 5.41) is 0. The third-order valence-corrected chi connectivity index (χ3v) is 5.57. The van der Waals surface area contributed by atoms with Crippen LogP contribution < -0.4 is 5.73 Å². The Labute approximate surface area is 128 Å². The van der Waals surface area contributed by atoms with Crippen LogP contribution in [0.15, 0.2) is 33.6 Å². The predicted molar refractivity (Wildman–Crippen MR) is 81.4 cm³/mol. The van der Waals surface area contributed by atoms with E-state index in [4.69, 9.17) is 10.5 Å². The van der Waals surface area contributed by atoms with Crippen molar-refractivity contribution in [2.45, 2.75) is 11.0 Å². The van der Waals surface area contributed by atoms with E-state index in [2.05, 4.69) is 20.8 Å².